The fourth-order valence-corrected chi connectivity index (χ4v) is 4.18. The maximum atomic E-state index is 13.1. The van der Waals surface area contributed by atoms with Crippen LogP contribution in [-0.2, 0) is 17.6 Å². The van der Waals surface area contributed by atoms with Crippen LogP contribution in [0.4, 0.5) is 0 Å². The van der Waals surface area contributed by atoms with Crippen molar-refractivity contribution in [1.82, 2.24) is 10.3 Å². The maximum Gasteiger partial charge on any atom is 0.326 e. The molecule has 4 rings (SSSR count). The van der Waals surface area contributed by atoms with Gasteiger partial charge in [0.2, 0.25) is 5.43 Å². The third-order valence-electron chi connectivity index (χ3n) is 5.42. The summed E-state index contributed by atoms with van der Waals surface area (Å²) in [7, 11) is 0. The number of nitrogens with one attached hydrogen (secondary N) is 2. The quantitative estimate of drug-likeness (QED) is 0.349. The molecule has 3 aromatic carbocycles. The smallest absolute Gasteiger partial charge is 0.326 e. The molecule has 1 aromatic heterocycles. The number of aromatic amines is 1. The third kappa shape index (κ3) is 5.21. The number of H-pyrrole nitrogens is 1. The van der Waals surface area contributed by atoms with Crippen molar-refractivity contribution in [3.63, 3.8) is 0 Å². The molecule has 1 amide bonds. The number of aromatic nitrogens is 1. The summed E-state index contributed by atoms with van der Waals surface area (Å²) >= 11 is 3.54. The van der Waals surface area contributed by atoms with Crippen molar-refractivity contribution in [3.05, 3.63) is 116 Å². The SMILES string of the molecule is O=C(N[C@@H](Cc1ccccc1)C(=O)O)c1c[nH]c2cc(Cc3ccccc3)c(Br)cc2c1=O. The minimum atomic E-state index is -1.17. The number of benzene rings is 3. The second-order valence-corrected chi connectivity index (χ2v) is 8.59. The Morgan fingerprint density at radius 2 is 1.61 bits per heavy atom. The van der Waals surface area contributed by atoms with Crippen LogP contribution in [0.1, 0.15) is 27.0 Å². The summed E-state index contributed by atoms with van der Waals surface area (Å²) in [5.41, 5.74) is 2.91. The number of pyridine rings is 1. The van der Waals surface area contributed by atoms with Gasteiger partial charge in [-0.3, -0.25) is 9.59 Å². The third-order valence-corrected chi connectivity index (χ3v) is 6.15. The molecular formula is C26H21BrN2O4. The molecule has 0 aliphatic rings. The number of halogens is 1. The Morgan fingerprint density at radius 1 is 0.970 bits per heavy atom. The number of rotatable bonds is 7. The zero-order chi connectivity index (χ0) is 23.4. The average molecular weight is 505 g/mol. The fourth-order valence-electron chi connectivity index (χ4n) is 3.69. The predicted octanol–water partition coefficient (Wildman–Crippen LogP) is 4.31. The van der Waals surface area contributed by atoms with E-state index in [0.717, 1.165) is 21.2 Å². The van der Waals surface area contributed by atoms with Gasteiger partial charge < -0.3 is 15.4 Å². The topological polar surface area (TPSA) is 99.3 Å². The molecule has 0 aliphatic heterocycles. The van der Waals surface area contributed by atoms with Gasteiger partial charge in [0.05, 0.1) is 0 Å². The number of hydrogen-bond acceptors (Lipinski definition) is 3. The number of fused-ring (bicyclic) bond motifs is 1. The molecule has 7 heteroatoms. The molecule has 166 valence electrons. The number of carbonyl (C=O) groups is 2. The molecule has 0 aliphatic carbocycles. The number of carboxylic acids is 1. The minimum Gasteiger partial charge on any atom is -0.480 e. The van der Waals surface area contributed by atoms with E-state index < -0.39 is 23.3 Å². The Hall–Kier alpha value is -3.71. The van der Waals surface area contributed by atoms with E-state index in [9.17, 15) is 19.5 Å². The van der Waals surface area contributed by atoms with Crippen LogP contribution in [0.15, 0.2) is 88.3 Å². The highest BCUT2D eigenvalue weighted by Crippen LogP contribution is 2.24. The Labute approximate surface area is 198 Å². The van der Waals surface area contributed by atoms with E-state index in [1.54, 1.807) is 30.3 Å². The summed E-state index contributed by atoms with van der Waals surface area (Å²) in [5.74, 6) is -1.90. The predicted molar refractivity (Wildman–Crippen MR) is 131 cm³/mol. The van der Waals surface area contributed by atoms with Gasteiger partial charge in [-0.1, -0.05) is 76.6 Å². The molecule has 0 fully saturated rings. The summed E-state index contributed by atoms with van der Waals surface area (Å²) < 4.78 is 0.759. The van der Waals surface area contributed by atoms with Gasteiger partial charge in [0.25, 0.3) is 5.91 Å². The van der Waals surface area contributed by atoms with Crippen molar-refractivity contribution in [2.45, 2.75) is 18.9 Å². The zero-order valence-electron chi connectivity index (χ0n) is 17.5. The van der Waals surface area contributed by atoms with Crippen LogP contribution in [0.2, 0.25) is 0 Å². The van der Waals surface area contributed by atoms with Crippen molar-refractivity contribution in [2.75, 3.05) is 0 Å². The second kappa shape index (κ2) is 9.83. The first-order valence-electron chi connectivity index (χ1n) is 10.4. The van der Waals surface area contributed by atoms with Gasteiger partial charge in [-0.2, -0.15) is 0 Å². The van der Waals surface area contributed by atoms with Crippen LogP contribution < -0.4 is 10.7 Å². The van der Waals surface area contributed by atoms with Crippen molar-refractivity contribution < 1.29 is 14.7 Å². The molecule has 1 atom stereocenters. The number of hydrogen-bond donors (Lipinski definition) is 3. The number of aliphatic carboxylic acids is 1. The average Bonchev–Trinajstić information content (AvgIpc) is 2.81. The van der Waals surface area contributed by atoms with Gasteiger partial charge >= 0.3 is 5.97 Å². The van der Waals surface area contributed by atoms with Gasteiger partial charge in [0.15, 0.2) is 0 Å². The fraction of sp³-hybridized carbons (Fsp3) is 0.115. The summed E-state index contributed by atoms with van der Waals surface area (Å²) in [5, 5.41) is 12.4. The largest absolute Gasteiger partial charge is 0.480 e. The summed E-state index contributed by atoms with van der Waals surface area (Å²) in [6.07, 6.45) is 2.13. The molecule has 33 heavy (non-hydrogen) atoms. The van der Waals surface area contributed by atoms with E-state index in [1.807, 2.05) is 42.5 Å². The monoisotopic (exact) mass is 504 g/mol. The lowest BCUT2D eigenvalue weighted by atomic mass is 10.0. The molecule has 3 N–H and O–H groups in total. The number of amides is 1. The zero-order valence-corrected chi connectivity index (χ0v) is 19.1. The van der Waals surface area contributed by atoms with E-state index in [1.165, 1.54) is 6.20 Å². The van der Waals surface area contributed by atoms with Crippen LogP contribution >= 0.6 is 15.9 Å². The van der Waals surface area contributed by atoms with Crippen molar-refractivity contribution in [2.24, 2.45) is 0 Å². The Kier molecular flexibility index (Phi) is 6.70. The van der Waals surface area contributed by atoms with Crippen LogP contribution in [0.5, 0.6) is 0 Å². The molecule has 0 saturated carbocycles. The number of carboxylic acid groups (broad SMARTS) is 1. The lowest BCUT2D eigenvalue weighted by Gasteiger charge is -2.15. The van der Waals surface area contributed by atoms with Crippen LogP contribution in [0, 0.1) is 0 Å². The Balaban J connectivity index is 1.60. The van der Waals surface area contributed by atoms with Gasteiger partial charge in [0, 0.05) is 28.0 Å². The highest BCUT2D eigenvalue weighted by molar-refractivity contribution is 9.10. The molecule has 0 saturated heterocycles. The Bertz CT molecular complexity index is 1370. The molecular weight excluding hydrogens is 484 g/mol. The molecule has 6 nitrogen and oxygen atoms in total. The first-order valence-corrected chi connectivity index (χ1v) is 11.2. The van der Waals surface area contributed by atoms with E-state index in [0.29, 0.717) is 17.3 Å². The first-order chi connectivity index (χ1) is 15.9. The second-order valence-electron chi connectivity index (χ2n) is 7.74. The van der Waals surface area contributed by atoms with Crippen molar-refractivity contribution in [1.29, 1.82) is 0 Å². The highest BCUT2D eigenvalue weighted by Gasteiger charge is 2.23. The molecule has 0 spiro atoms. The van der Waals surface area contributed by atoms with Crippen molar-refractivity contribution >= 4 is 38.7 Å². The normalized spacial score (nSPS) is 11.8. The summed E-state index contributed by atoms with van der Waals surface area (Å²) in [6, 6.07) is 21.4. The number of carbonyl (C=O) groups excluding carboxylic acids is 1. The molecule has 4 aromatic rings. The van der Waals surface area contributed by atoms with E-state index in [2.05, 4.69) is 26.2 Å². The summed E-state index contributed by atoms with van der Waals surface area (Å²) in [4.78, 5) is 40.6. The molecule has 0 radical (unpaired) electrons. The molecule has 0 bridgehead atoms. The maximum absolute atomic E-state index is 13.1. The van der Waals surface area contributed by atoms with E-state index >= 15 is 0 Å². The standard InChI is InChI=1S/C26H21BrN2O4/c27-21-14-19-22(13-18(21)11-16-7-3-1-4-8-16)28-15-20(24(19)30)25(31)29-23(26(32)33)12-17-9-5-2-6-10-17/h1-10,13-15,23H,11-12H2,(H,28,30)(H,29,31)(H,32,33)/t23-/m0/s1. The van der Waals surface area contributed by atoms with Gasteiger partial charge in [-0.05, 0) is 35.2 Å². The highest BCUT2D eigenvalue weighted by atomic mass is 79.9. The first kappa shape index (κ1) is 22.5. The lowest BCUT2D eigenvalue weighted by molar-refractivity contribution is -0.139. The van der Waals surface area contributed by atoms with Crippen LogP contribution in [0.3, 0.4) is 0 Å². The van der Waals surface area contributed by atoms with Gasteiger partial charge in [0.1, 0.15) is 11.6 Å². The van der Waals surface area contributed by atoms with E-state index in [-0.39, 0.29) is 12.0 Å². The van der Waals surface area contributed by atoms with Crippen molar-refractivity contribution in [3.8, 4) is 0 Å². The van der Waals surface area contributed by atoms with Crippen LogP contribution in [0.25, 0.3) is 10.9 Å². The molecule has 0 unspecified atom stereocenters. The minimum absolute atomic E-state index is 0.113. The lowest BCUT2D eigenvalue weighted by Crippen LogP contribution is -2.43. The van der Waals surface area contributed by atoms with Crippen LogP contribution in [-0.4, -0.2) is 28.0 Å². The molecule has 1 heterocycles. The van der Waals surface area contributed by atoms with E-state index in [4.69, 9.17) is 0 Å². The van der Waals surface area contributed by atoms with Gasteiger partial charge in [-0.15, -0.1) is 0 Å². The van der Waals surface area contributed by atoms with Gasteiger partial charge in [-0.25, -0.2) is 4.79 Å². The summed E-state index contributed by atoms with van der Waals surface area (Å²) in [6.45, 7) is 0. The Morgan fingerprint density at radius 3 is 2.24 bits per heavy atom.